The Kier molecular flexibility index (Phi) is 6.38. The summed E-state index contributed by atoms with van der Waals surface area (Å²) in [6.45, 7) is 0. The highest BCUT2D eigenvalue weighted by Gasteiger charge is 2.16. The van der Waals surface area contributed by atoms with Crippen molar-refractivity contribution in [3.8, 4) is 11.3 Å². The van der Waals surface area contributed by atoms with Crippen molar-refractivity contribution in [2.45, 2.75) is 57.4 Å². The summed E-state index contributed by atoms with van der Waals surface area (Å²) in [5.74, 6) is 1.19. The third-order valence-corrected chi connectivity index (χ3v) is 5.08. The van der Waals surface area contributed by atoms with Crippen molar-refractivity contribution in [3.63, 3.8) is 0 Å². The van der Waals surface area contributed by atoms with E-state index in [0.717, 1.165) is 18.4 Å². The maximum atomic E-state index is 12.1. The predicted octanol–water partition coefficient (Wildman–Crippen LogP) is 5.42. The van der Waals surface area contributed by atoms with Crippen LogP contribution in [-0.2, 0) is 11.2 Å². The molecule has 0 unspecified atom stereocenters. The summed E-state index contributed by atoms with van der Waals surface area (Å²) in [6.07, 6.45) is 9.62. The molecule has 2 aromatic rings. The van der Waals surface area contributed by atoms with E-state index in [2.05, 4.69) is 10.3 Å². The summed E-state index contributed by atoms with van der Waals surface area (Å²) in [7, 11) is 0. The van der Waals surface area contributed by atoms with Crippen LogP contribution in [-0.4, -0.2) is 16.9 Å². The van der Waals surface area contributed by atoms with Gasteiger partial charge in [-0.25, -0.2) is 4.98 Å². The molecule has 1 saturated carbocycles. The Morgan fingerprint density at radius 2 is 1.96 bits per heavy atom. The van der Waals surface area contributed by atoms with Crippen LogP contribution >= 0.6 is 23.2 Å². The van der Waals surface area contributed by atoms with Gasteiger partial charge in [0.2, 0.25) is 5.91 Å². The van der Waals surface area contributed by atoms with Gasteiger partial charge in [0.15, 0.2) is 11.7 Å². The summed E-state index contributed by atoms with van der Waals surface area (Å²) < 4.78 is 5.73. The summed E-state index contributed by atoms with van der Waals surface area (Å²) in [6, 6.07) is 5.54. The van der Waals surface area contributed by atoms with Gasteiger partial charge < -0.3 is 9.73 Å². The number of carbonyl (C=O) groups is 1. The maximum absolute atomic E-state index is 12.1. The molecule has 1 aromatic heterocycles. The number of amides is 1. The molecule has 0 bridgehead atoms. The second-order valence-electron chi connectivity index (χ2n) is 6.50. The second-order valence-corrected chi connectivity index (χ2v) is 7.34. The monoisotopic (exact) mass is 380 g/mol. The minimum absolute atomic E-state index is 0.0659. The number of hydrogen-bond acceptors (Lipinski definition) is 3. The van der Waals surface area contributed by atoms with Gasteiger partial charge in [-0.2, -0.15) is 0 Å². The molecule has 1 aliphatic rings. The zero-order chi connectivity index (χ0) is 17.6. The highest BCUT2D eigenvalue weighted by Crippen LogP contribution is 2.30. The predicted molar refractivity (Wildman–Crippen MR) is 99.9 cm³/mol. The number of hydrogen-bond donors (Lipinski definition) is 1. The van der Waals surface area contributed by atoms with Gasteiger partial charge in [0.25, 0.3) is 0 Å². The number of carbonyl (C=O) groups excluding carboxylic acids is 1. The fraction of sp³-hybridized carbons (Fsp3) is 0.474. The molecule has 0 saturated heterocycles. The van der Waals surface area contributed by atoms with Crippen molar-refractivity contribution in [1.82, 2.24) is 10.3 Å². The number of halogens is 2. The Labute approximate surface area is 157 Å². The summed E-state index contributed by atoms with van der Waals surface area (Å²) in [4.78, 5) is 16.4. The number of aryl methyl sites for hydroxylation is 1. The van der Waals surface area contributed by atoms with Gasteiger partial charge in [-0.15, -0.1) is 0 Å². The minimum atomic E-state index is 0.0659. The van der Waals surface area contributed by atoms with Crippen molar-refractivity contribution < 1.29 is 9.21 Å². The second kappa shape index (κ2) is 8.72. The van der Waals surface area contributed by atoms with Crippen molar-refractivity contribution >= 4 is 29.1 Å². The Hall–Kier alpha value is -1.52. The van der Waals surface area contributed by atoms with E-state index >= 15 is 0 Å². The summed E-state index contributed by atoms with van der Waals surface area (Å²) in [5, 5.41) is 4.23. The number of rotatable bonds is 5. The first-order valence-corrected chi connectivity index (χ1v) is 9.57. The lowest BCUT2D eigenvalue weighted by atomic mass is 10.1. The zero-order valence-corrected chi connectivity index (χ0v) is 15.6. The van der Waals surface area contributed by atoms with Crippen LogP contribution in [0, 0.1) is 0 Å². The van der Waals surface area contributed by atoms with Crippen LogP contribution < -0.4 is 5.32 Å². The molecule has 4 nitrogen and oxygen atoms in total. The van der Waals surface area contributed by atoms with E-state index in [1.54, 1.807) is 24.4 Å². The molecule has 6 heteroatoms. The molecule has 1 N–H and O–H groups in total. The first kappa shape index (κ1) is 18.3. The van der Waals surface area contributed by atoms with Crippen LogP contribution in [0.25, 0.3) is 11.3 Å². The number of oxazole rings is 1. The Balaban J connectivity index is 1.53. The quantitative estimate of drug-likeness (QED) is 0.704. The number of nitrogens with zero attached hydrogens (tertiary/aromatic N) is 1. The maximum Gasteiger partial charge on any atom is 0.220 e. The van der Waals surface area contributed by atoms with Crippen LogP contribution in [0.2, 0.25) is 10.0 Å². The van der Waals surface area contributed by atoms with Gasteiger partial charge in [0.05, 0.1) is 11.2 Å². The van der Waals surface area contributed by atoms with Gasteiger partial charge >= 0.3 is 0 Å². The molecule has 1 aliphatic carbocycles. The molecule has 1 aromatic carbocycles. The lowest BCUT2D eigenvalue weighted by Gasteiger charge is -2.15. The number of aromatic nitrogens is 1. The molecule has 1 amide bonds. The fourth-order valence-electron chi connectivity index (χ4n) is 3.18. The molecular weight excluding hydrogens is 359 g/mol. The average molecular weight is 381 g/mol. The van der Waals surface area contributed by atoms with Crippen LogP contribution in [0.5, 0.6) is 0 Å². The molecule has 0 spiro atoms. The Bertz CT molecular complexity index is 722. The smallest absolute Gasteiger partial charge is 0.220 e. The third-order valence-electron chi connectivity index (χ3n) is 4.54. The van der Waals surface area contributed by atoms with E-state index in [1.807, 2.05) is 0 Å². The van der Waals surface area contributed by atoms with Crippen LogP contribution in [0.1, 0.15) is 50.8 Å². The SMILES string of the molecule is O=C(CCc1ncc(-c2ccc(Cl)cc2Cl)o1)NC1CCCCCC1. The number of benzene rings is 1. The molecular formula is C19H22Cl2N2O2. The lowest BCUT2D eigenvalue weighted by molar-refractivity contribution is -0.121. The third kappa shape index (κ3) is 5.23. The largest absolute Gasteiger partial charge is 0.441 e. The Morgan fingerprint density at radius 1 is 1.20 bits per heavy atom. The first-order chi connectivity index (χ1) is 12.1. The van der Waals surface area contributed by atoms with Crippen LogP contribution in [0.3, 0.4) is 0 Å². The molecule has 134 valence electrons. The molecule has 25 heavy (non-hydrogen) atoms. The van der Waals surface area contributed by atoms with E-state index in [0.29, 0.717) is 40.6 Å². The van der Waals surface area contributed by atoms with E-state index in [-0.39, 0.29) is 5.91 Å². The van der Waals surface area contributed by atoms with E-state index < -0.39 is 0 Å². The van der Waals surface area contributed by atoms with Gasteiger partial charge in [0.1, 0.15) is 0 Å². The Morgan fingerprint density at radius 3 is 2.68 bits per heavy atom. The first-order valence-electron chi connectivity index (χ1n) is 8.81. The minimum Gasteiger partial charge on any atom is -0.441 e. The van der Waals surface area contributed by atoms with E-state index in [9.17, 15) is 4.79 Å². The molecule has 3 rings (SSSR count). The normalized spacial score (nSPS) is 15.8. The van der Waals surface area contributed by atoms with Crippen molar-refractivity contribution in [2.75, 3.05) is 0 Å². The highest BCUT2D eigenvalue weighted by molar-refractivity contribution is 6.36. The van der Waals surface area contributed by atoms with E-state index in [1.165, 1.54) is 25.7 Å². The van der Waals surface area contributed by atoms with Crippen LogP contribution in [0.15, 0.2) is 28.8 Å². The average Bonchev–Trinajstić information content (AvgIpc) is 2.89. The summed E-state index contributed by atoms with van der Waals surface area (Å²) in [5.41, 5.74) is 0.743. The molecule has 0 radical (unpaired) electrons. The lowest BCUT2D eigenvalue weighted by Crippen LogP contribution is -2.34. The molecule has 1 heterocycles. The van der Waals surface area contributed by atoms with Gasteiger partial charge in [-0.3, -0.25) is 4.79 Å². The van der Waals surface area contributed by atoms with Gasteiger partial charge in [-0.05, 0) is 31.0 Å². The molecule has 1 fully saturated rings. The number of nitrogens with one attached hydrogen (secondary N) is 1. The summed E-state index contributed by atoms with van der Waals surface area (Å²) >= 11 is 12.1. The zero-order valence-electron chi connectivity index (χ0n) is 14.1. The van der Waals surface area contributed by atoms with Gasteiger partial charge in [0, 0.05) is 29.5 Å². The van der Waals surface area contributed by atoms with E-state index in [4.69, 9.17) is 27.6 Å². The standard InChI is InChI=1S/C19H22Cl2N2O2/c20-13-7-8-15(16(21)11-13)17-12-22-19(25-17)10-9-18(24)23-14-5-3-1-2-4-6-14/h7-8,11-12,14H,1-6,9-10H2,(H,23,24). The highest BCUT2D eigenvalue weighted by atomic mass is 35.5. The van der Waals surface area contributed by atoms with Crippen molar-refractivity contribution in [2.24, 2.45) is 0 Å². The van der Waals surface area contributed by atoms with Crippen molar-refractivity contribution in [1.29, 1.82) is 0 Å². The topological polar surface area (TPSA) is 55.1 Å². The fourth-order valence-corrected chi connectivity index (χ4v) is 3.69. The van der Waals surface area contributed by atoms with Gasteiger partial charge in [-0.1, -0.05) is 48.9 Å². The van der Waals surface area contributed by atoms with Crippen LogP contribution in [0.4, 0.5) is 0 Å². The van der Waals surface area contributed by atoms with Crippen molar-refractivity contribution in [3.05, 3.63) is 40.3 Å². The molecule has 0 aliphatic heterocycles. The molecule has 0 atom stereocenters.